The minimum atomic E-state index is 0.604. The third-order valence-corrected chi connectivity index (χ3v) is 3.10. The zero-order chi connectivity index (χ0) is 13.2. The van der Waals surface area contributed by atoms with Crippen LogP contribution in [-0.4, -0.2) is 30.0 Å². The monoisotopic (exact) mass is 259 g/mol. The zero-order valence-corrected chi connectivity index (χ0v) is 11.1. The molecular formula is C14H17N3O2. The molecule has 5 nitrogen and oxygen atoms in total. The van der Waals surface area contributed by atoms with Gasteiger partial charge in [0.05, 0.1) is 5.69 Å². The summed E-state index contributed by atoms with van der Waals surface area (Å²) in [4.78, 5) is 0. The number of hydrogen-bond acceptors (Lipinski definition) is 4. The summed E-state index contributed by atoms with van der Waals surface area (Å²) in [6.07, 6.45) is 2.03. The number of nitrogens with zero attached hydrogens (tertiary/aromatic N) is 2. The Labute approximate surface area is 112 Å². The van der Waals surface area contributed by atoms with Gasteiger partial charge in [0.25, 0.3) is 0 Å². The first-order valence-electron chi connectivity index (χ1n) is 6.35. The predicted octanol–water partition coefficient (Wildman–Crippen LogP) is 1.58. The van der Waals surface area contributed by atoms with E-state index in [0.29, 0.717) is 13.2 Å². The van der Waals surface area contributed by atoms with Crippen molar-refractivity contribution in [3.05, 3.63) is 30.1 Å². The van der Waals surface area contributed by atoms with E-state index >= 15 is 0 Å². The van der Waals surface area contributed by atoms with Gasteiger partial charge < -0.3 is 14.8 Å². The normalized spacial score (nSPS) is 13.6. The second kappa shape index (κ2) is 4.93. The molecule has 19 heavy (non-hydrogen) atoms. The Balaban J connectivity index is 2.01. The Bertz CT molecular complexity index is 592. The number of nitrogens with one attached hydrogen (secondary N) is 1. The van der Waals surface area contributed by atoms with E-state index in [1.807, 2.05) is 43.2 Å². The van der Waals surface area contributed by atoms with Crippen LogP contribution in [0, 0.1) is 0 Å². The van der Waals surface area contributed by atoms with Crippen LogP contribution in [-0.2, 0) is 13.6 Å². The molecule has 2 heterocycles. The predicted molar refractivity (Wildman–Crippen MR) is 72.4 cm³/mol. The van der Waals surface area contributed by atoms with E-state index in [4.69, 9.17) is 9.47 Å². The van der Waals surface area contributed by atoms with Crippen LogP contribution in [0.3, 0.4) is 0 Å². The molecule has 5 heteroatoms. The lowest BCUT2D eigenvalue weighted by Gasteiger charge is -2.18. The summed E-state index contributed by atoms with van der Waals surface area (Å²) in [5, 5.41) is 7.61. The van der Waals surface area contributed by atoms with Crippen molar-refractivity contribution in [1.82, 2.24) is 15.1 Å². The molecule has 1 aliphatic heterocycles. The quantitative estimate of drug-likeness (QED) is 0.909. The Morgan fingerprint density at radius 3 is 2.84 bits per heavy atom. The zero-order valence-electron chi connectivity index (χ0n) is 11.1. The molecule has 0 saturated heterocycles. The van der Waals surface area contributed by atoms with Gasteiger partial charge in [-0.2, -0.15) is 5.10 Å². The highest BCUT2D eigenvalue weighted by Gasteiger charge is 2.15. The summed E-state index contributed by atoms with van der Waals surface area (Å²) in [5.74, 6) is 1.62. The van der Waals surface area contributed by atoms with Crippen molar-refractivity contribution in [2.24, 2.45) is 7.05 Å². The number of aromatic nitrogens is 2. The van der Waals surface area contributed by atoms with Gasteiger partial charge in [0.15, 0.2) is 11.5 Å². The topological polar surface area (TPSA) is 48.3 Å². The van der Waals surface area contributed by atoms with Gasteiger partial charge >= 0.3 is 0 Å². The van der Waals surface area contributed by atoms with Gasteiger partial charge in [-0.15, -0.1) is 0 Å². The van der Waals surface area contributed by atoms with Crippen molar-refractivity contribution in [3.8, 4) is 22.6 Å². The van der Waals surface area contributed by atoms with Crippen LogP contribution in [0.25, 0.3) is 11.1 Å². The molecule has 1 aliphatic rings. The summed E-state index contributed by atoms with van der Waals surface area (Å²) in [6, 6.07) is 6.02. The van der Waals surface area contributed by atoms with Crippen LogP contribution in [0.1, 0.15) is 5.69 Å². The van der Waals surface area contributed by atoms with Crippen molar-refractivity contribution in [2.75, 3.05) is 20.3 Å². The molecular weight excluding hydrogens is 242 g/mol. The summed E-state index contributed by atoms with van der Waals surface area (Å²) >= 11 is 0. The molecule has 0 saturated carbocycles. The standard InChI is InChI=1S/C14H17N3O2/c1-15-8-12-11(9-17(2)16-12)10-3-4-13-14(7-10)19-6-5-18-13/h3-4,7,9,15H,5-6,8H2,1-2H3. The highest BCUT2D eigenvalue weighted by Crippen LogP contribution is 2.35. The number of ether oxygens (including phenoxy) is 2. The van der Waals surface area contributed by atoms with Crippen LogP contribution in [0.4, 0.5) is 0 Å². The molecule has 1 aromatic heterocycles. The fourth-order valence-electron chi connectivity index (χ4n) is 2.28. The molecule has 1 aromatic carbocycles. The Morgan fingerprint density at radius 1 is 1.26 bits per heavy atom. The first-order chi connectivity index (χ1) is 9.28. The third kappa shape index (κ3) is 2.29. The number of rotatable bonds is 3. The fourth-order valence-corrected chi connectivity index (χ4v) is 2.28. The van der Waals surface area contributed by atoms with Crippen LogP contribution >= 0.6 is 0 Å². The van der Waals surface area contributed by atoms with Crippen LogP contribution in [0.15, 0.2) is 24.4 Å². The fraction of sp³-hybridized carbons (Fsp3) is 0.357. The molecule has 0 amide bonds. The SMILES string of the molecule is CNCc1nn(C)cc1-c1ccc2c(c1)OCCO2. The van der Waals surface area contributed by atoms with Crippen molar-refractivity contribution in [2.45, 2.75) is 6.54 Å². The van der Waals surface area contributed by atoms with Gasteiger partial charge in [0, 0.05) is 25.4 Å². The largest absolute Gasteiger partial charge is 0.486 e. The lowest BCUT2D eigenvalue weighted by atomic mass is 10.1. The first kappa shape index (κ1) is 12.0. The van der Waals surface area contributed by atoms with E-state index in [1.54, 1.807) is 0 Å². The van der Waals surface area contributed by atoms with E-state index in [1.165, 1.54) is 0 Å². The van der Waals surface area contributed by atoms with E-state index < -0.39 is 0 Å². The molecule has 3 rings (SSSR count). The van der Waals surface area contributed by atoms with Gasteiger partial charge in [0.1, 0.15) is 13.2 Å². The van der Waals surface area contributed by atoms with E-state index in [2.05, 4.69) is 10.4 Å². The molecule has 0 spiro atoms. The average molecular weight is 259 g/mol. The van der Waals surface area contributed by atoms with Crippen molar-refractivity contribution in [1.29, 1.82) is 0 Å². The van der Waals surface area contributed by atoms with Crippen molar-refractivity contribution >= 4 is 0 Å². The van der Waals surface area contributed by atoms with Crippen LogP contribution in [0.2, 0.25) is 0 Å². The van der Waals surface area contributed by atoms with Gasteiger partial charge in [-0.3, -0.25) is 4.68 Å². The van der Waals surface area contributed by atoms with Gasteiger partial charge in [-0.05, 0) is 24.7 Å². The van der Waals surface area contributed by atoms with E-state index in [9.17, 15) is 0 Å². The lowest BCUT2D eigenvalue weighted by molar-refractivity contribution is 0.171. The van der Waals surface area contributed by atoms with Crippen molar-refractivity contribution in [3.63, 3.8) is 0 Å². The minimum absolute atomic E-state index is 0.604. The maximum Gasteiger partial charge on any atom is 0.161 e. The molecule has 0 bridgehead atoms. The summed E-state index contributed by atoms with van der Waals surface area (Å²) in [6.45, 7) is 1.96. The van der Waals surface area contributed by atoms with Gasteiger partial charge in [0.2, 0.25) is 0 Å². The number of aryl methyl sites for hydroxylation is 1. The van der Waals surface area contributed by atoms with Crippen LogP contribution in [0.5, 0.6) is 11.5 Å². The molecule has 0 unspecified atom stereocenters. The maximum absolute atomic E-state index is 5.62. The minimum Gasteiger partial charge on any atom is -0.486 e. The molecule has 0 atom stereocenters. The smallest absolute Gasteiger partial charge is 0.161 e. The number of hydrogen-bond donors (Lipinski definition) is 1. The Kier molecular flexibility index (Phi) is 3.13. The second-order valence-electron chi connectivity index (χ2n) is 4.55. The van der Waals surface area contributed by atoms with E-state index in [0.717, 1.165) is 34.9 Å². The van der Waals surface area contributed by atoms with Gasteiger partial charge in [-0.25, -0.2) is 0 Å². The first-order valence-corrected chi connectivity index (χ1v) is 6.35. The maximum atomic E-state index is 5.62. The summed E-state index contributed by atoms with van der Waals surface area (Å²) < 4.78 is 13.0. The number of benzene rings is 1. The van der Waals surface area contributed by atoms with Crippen molar-refractivity contribution < 1.29 is 9.47 Å². The third-order valence-electron chi connectivity index (χ3n) is 3.10. The molecule has 2 aromatic rings. The molecule has 0 radical (unpaired) electrons. The highest BCUT2D eigenvalue weighted by molar-refractivity contribution is 5.69. The van der Waals surface area contributed by atoms with E-state index in [-0.39, 0.29) is 0 Å². The second-order valence-corrected chi connectivity index (χ2v) is 4.55. The lowest BCUT2D eigenvalue weighted by Crippen LogP contribution is -2.15. The Hall–Kier alpha value is -2.01. The molecule has 1 N–H and O–H groups in total. The highest BCUT2D eigenvalue weighted by atomic mass is 16.6. The summed E-state index contributed by atoms with van der Waals surface area (Å²) in [7, 11) is 3.85. The average Bonchev–Trinajstić information content (AvgIpc) is 2.80. The molecule has 0 fully saturated rings. The molecule has 0 aliphatic carbocycles. The van der Waals surface area contributed by atoms with Gasteiger partial charge in [-0.1, -0.05) is 6.07 Å². The summed E-state index contributed by atoms with van der Waals surface area (Å²) in [5.41, 5.74) is 3.25. The molecule has 100 valence electrons. The van der Waals surface area contributed by atoms with Crippen LogP contribution < -0.4 is 14.8 Å². The Morgan fingerprint density at radius 2 is 2.05 bits per heavy atom. The number of fused-ring (bicyclic) bond motifs is 1.